The van der Waals surface area contributed by atoms with Crippen LogP contribution in [0.5, 0.6) is 0 Å². The highest BCUT2D eigenvalue weighted by atomic mass is 79.9. The molecule has 1 aromatic rings. The molecule has 0 atom stereocenters. The maximum atomic E-state index is 13.0. The first-order chi connectivity index (χ1) is 6.38. The minimum atomic E-state index is -0.907. The van der Waals surface area contributed by atoms with Gasteiger partial charge < -0.3 is 5.11 Å². The molecule has 4 heteroatoms. The van der Waals surface area contributed by atoms with Crippen LogP contribution in [0.4, 0.5) is 8.78 Å². The van der Waals surface area contributed by atoms with Gasteiger partial charge in [-0.2, -0.15) is 0 Å². The van der Waals surface area contributed by atoms with Crippen LogP contribution in [0.2, 0.25) is 0 Å². The molecule has 1 aromatic carbocycles. The van der Waals surface area contributed by atoms with Crippen molar-refractivity contribution < 1.29 is 13.9 Å². The molecule has 0 radical (unpaired) electrons. The van der Waals surface area contributed by atoms with Crippen LogP contribution in [0, 0.1) is 11.6 Å². The van der Waals surface area contributed by atoms with Gasteiger partial charge in [-0.1, -0.05) is 13.8 Å². The number of hydrogen-bond acceptors (Lipinski definition) is 1. The van der Waals surface area contributed by atoms with Crippen molar-refractivity contribution in [3.8, 4) is 0 Å². The lowest BCUT2D eigenvalue weighted by Gasteiger charge is -2.22. The van der Waals surface area contributed by atoms with Crippen molar-refractivity contribution in [1.82, 2.24) is 0 Å². The van der Waals surface area contributed by atoms with Crippen LogP contribution in [0.25, 0.3) is 0 Å². The minimum absolute atomic E-state index is 0.0778. The summed E-state index contributed by atoms with van der Waals surface area (Å²) >= 11 is 2.92. The molecule has 0 aliphatic carbocycles. The van der Waals surface area contributed by atoms with Gasteiger partial charge in [0.1, 0.15) is 0 Å². The first kappa shape index (κ1) is 11.6. The number of rotatable bonds is 2. The predicted molar refractivity (Wildman–Crippen MR) is 54.2 cm³/mol. The van der Waals surface area contributed by atoms with Gasteiger partial charge in [-0.15, -0.1) is 0 Å². The molecule has 0 unspecified atom stereocenters. The van der Waals surface area contributed by atoms with Gasteiger partial charge in [0, 0.05) is 5.41 Å². The van der Waals surface area contributed by atoms with Crippen molar-refractivity contribution in [1.29, 1.82) is 0 Å². The molecule has 78 valence electrons. The Labute approximate surface area is 89.9 Å². The second-order valence-electron chi connectivity index (χ2n) is 3.80. The Morgan fingerprint density at radius 2 is 1.93 bits per heavy atom. The van der Waals surface area contributed by atoms with Crippen LogP contribution in [0.3, 0.4) is 0 Å². The van der Waals surface area contributed by atoms with Gasteiger partial charge in [-0.3, -0.25) is 0 Å². The number of aliphatic hydroxyl groups excluding tert-OH is 1. The number of halogens is 3. The second-order valence-corrected chi connectivity index (χ2v) is 4.65. The van der Waals surface area contributed by atoms with Gasteiger partial charge in [-0.05, 0) is 33.6 Å². The lowest BCUT2D eigenvalue weighted by Crippen LogP contribution is -2.22. The summed E-state index contributed by atoms with van der Waals surface area (Å²) in [6, 6.07) is 2.59. The van der Waals surface area contributed by atoms with Gasteiger partial charge in [-0.25, -0.2) is 8.78 Å². The fourth-order valence-corrected chi connectivity index (χ4v) is 1.47. The molecule has 0 amide bonds. The Bertz CT molecular complexity index is 327. The van der Waals surface area contributed by atoms with Crippen molar-refractivity contribution in [3.63, 3.8) is 0 Å². The molecule has 0 aromatic heterocycles. The van der Waals surface area contributed by atoms with Crippen molar-refractivity contribution in [2.75, 3.05) is 6.61 Å². The Morgan fingerprint density at radius 1 is 1.36 bits per heavy atom. The highest BCUT2D eigenvalue weighted by molar-refractivity contribution is 9.10. The van der Waals surface area contributed by atoms with Gasteiger partial charge >= 0.3 is 0 Å². The van der Waals surface area contributed by atoms with Crippen molar-refractivity contribution in [2.24, 2.45) is 0 Å². The van der Waals surface area contributed by atoms with Gasteiger partial charge in [0.05, 0.1) is 11.1 Å². The molecule has 0 fully saturated rings. The number of aliphatic hydroxyl groups is 1. The molecule has 14 heavy (non-hydrogen) atoms. The summed E-state index contributed by atoms with van der Waals surface area (Å²) in [7, 11) is 0. The molecule has 1 nitrogen and oxygen atoms in total. The van der Waals surface area contributed by atoms with E-state index in [-0.39, 0.29) is 11.1 Å². The van der Waals surface area contributed by atoms with E-state index in [9.17, 15) is 8.78 Å². The normalized spacial score (nSPS) is 11.9. The average molecular weight is 265 g/mol. The fourth-order valence-electron chi connectivity index (χ4n) is 1.04. The first-order valence-corrected chi connectivity index (χ1v) is 4.93. The summed E-state index contributed by atoms with van der Waals surface area (Å²) in [5, 5.41) is 9.07. The molecule has 0 saturated heterocycles. The van der Waals surface area contributed by atoms with E-state index in [0.717, 1.165) is 6.07 Å². The van der Waals surface area contributed by atoms with Crippen LogP contribution >= 0.6 is 15.9 Å². The van der Waals surface area contributed by atoms with E-state index < -0.39 is 17.0 Å². The van der Waals surface area contributed by atoms with Crippen LogP contribution < -0.4 is 0 Å². The third kappa shape index (κ3) is 2.12. The molecule has 0 aliphatic rings. The Morgan fingerprint density at radius 3 is 2.36 bits per heavy atom. The van der Waals surface area contributed by atoms with E-state index >= 15 is 0 Å². The highest BCUT2D eigenvalue weighted by Gasteiger charge is 2.22. The largest absolute Gasteiger partial charge is 0.395 e. The van der Waals surface area contributed by atoms with E-state index in [1.807, 2.05) is 0 Å². The third-order valence-electron chi connectivity index (χ3n) is 2.16. The van der Waals surface area contributed by atoms with Gasteiger partial charge in [0.2, 0.25) is 0 Å². The van der Waals surface area contributed by atoms with Gasteiger partial charge in [0.25, 0.3) is 0 Å². The molecular weight excluding hydrogens is 254 g/mol. The van der Waals surface area contributed by atoms with E-state index in [1.54, 1.807) is 13.8 Å². The smallest absolute Gasteiger partial charge is 0.172 e. The van der Waals surface area contributed by atoms with Crippen molar-refractivity contribution in [3.05, 3.63) is 33.8 Å². The molecule has 1 rings (SSSR count). The van der Waals surface area contributed by atoms with Crippen LogP contribution in [-0.4, -0.2) is 11.7 Å². The van der Waals surface area contributed by atoms with E-state index in [4.69, 9.17) is 5.11 Å². The molecule has 0 spiro atoms. The molecule has 1 N–H and O–H groups in total. The monoisotopic (exact) mass is 264 g/mol. The van der Waals surface area contributed by atoms with Gasteiger partial charge in [0.15, 0.2) is 11.6 Å². The van der Waals surface area contributed by atoms with Crippen LogP contribution in [0.15, 0.2) is 16.6 Å². The summed E-state index contributed by atoms with van der Waals surface area (Å²) in [6.07, 6.45) is 0. The first-order valence-electron chi connectivity index (χ1n) is 4.14. The van der Waals surface area contributed by atoms with Crippen molar-refractivity contribution in [2.45, 2.75) is 19.3 Å². The molecule has 0 heterocycles. The summed E-state index contributed by atoms with van der Waals surface area (Å²) in [6.45, 7) is 3.39. The molecular formula is C10H11BrF2O. The zero-order valence-corrected chi connectivity index (χ0v) is 9.53. The van der Waals surface area contributed by atoms with Crippen LogP contribution in [0.1, 0.15) is 19.4 Å². The number of hydrogen-bond donors (Lipinski definition) is 1. The van der Waals surface area contributed by atoms with E-state index in [2.05, 4.69) is 15.9 Å². The molecule has 0 bridgehead atoms. The van der Waals surface area contributed by atoms with Crippen molar-refractivity contribution >= 4 is 15.9 Å². The fraction of sp³-hybridized carbons (Fsp3) is 0.400. The van der Waals surface area contributed by atoms with E-state index in [1.165, 1.54) is 6.07 Å². The lowest BCUT2D eigenvalue weighted by atomic mass is 9.85. The maximum Gasteiger partial charge on any atom is 0.172 e. The topological polar surface area (TPSA) is 20.2 Å². The quantitative estimate of drug-likeness (QED) is 0.815. The summed E-state index contributed by atoms with van der Waals surface area (Å²) in [5.74, 6) is -1.81. The Kier molecular flexibility index (Phi) is 3.27. The predicted octanol–water partition coefficient (Wildman–Crippen LogP) is 3.00. The maximum absolute atomic E-state index is 13.0. The SMILES string of the molecule is CC(C)(CO)c1cc(F)c(F)c(Br)c1. The lowest BCUT2D eigenvalue weighted by molar-refractivity contribution is 0.218. The molecule has 0 saturated carbocycles. The number of benzene rings is 1. The third-order valence-corrected chi connectivity index (χ3v) is 2.74. The van der Waals surface area contributed by atoms with E-state index in [0.29, 0.717) is 5.56 Å². The molecule has 0 aliphatic heterocycles. The minimum Gasteiger partial charge on any atom is -0.395 e. The second kappa shape index (κ2) is 3.95. The summed E-state index contributed by atoms with van der Waals surface area (Å²) in [5.41, 5.74) is -0.0115. The Hall–Kier alpha value is -0.480. The standard InChI is InChI=1S/C10H11BrF2O/c1-10(2,5-14)6-3-7(11)9(13)8(12)4-6/h3-4,14H,5H2,1-2H3. The highest BCUT2D eigenvalue weighted by Crippen LogP contribution is 2.28. The summed E-state index contributed by atoms with van der Waals surface area (Å²) < 4.78 is 26.0. The van der Waals surface area contributed by atoms with Crippen LogP contribution in [-0.2, 0) is 5.41 Å². The zero-order valence-electron chi connectivity index (χ0n) is 7.94. The summed E-state index contributed by atoms with van der Waals surface area (Å²) in [4.78, 5) is 0. The average Bonchev–Trinajstić information content (AvgIpc) is 2.13. The Balaban J connectivity index is 3.26. The zero-order chi connectivity index (χ0) is 10.9.